The highest BCUT2D eigenvalue weighted by Gasteiger charge is 2.66. The molecule has 1 aliphatic heterocycles. The van der Waals surface area contributed by atoms with Crippen LogP contribution in [0.25, 0.3) is 0 Å². The summed E-state index contributed by atoms with van der Waals surface area (Å²) in [5, 5.41) is 0. The van der Waals surface area contributed by atoms with E-state index >= 15 is 0 Å². The molecule has 33 heavy (non-hydrogen) atoms. The van der Waals surface area contributed by atoms with Gasteiger partial charge in [-0.2, -0.15) is 0 Å². The highest BCUT2D eigenvalue weighted by molar-refractivity contribution is 9.12. The van der Waals surface area contributed by atoms with Crippen molar-refractivity contribution in [2.45, 2.75) is 16.1 Å². The monoisotopic (exact) mass is 637 g/mol. The number of hydrogen-bond donors (Lipinski definition) is 0. The smallest absolute Gasteiger partial charge is 0.338 e. The molecule has 9 heteroatoms. The van der Waals surface area contributed by atoms with Crippen molar-refractivity contribution >= 4 is 77.0 Å². The van der Waals surface area contributed by atoms with Gasteiger partial charge in [-0.3, -0.25) is 19.3 Å². The highest BCUT2D eigenvalue weighted by Crippen LogP contribution is 2.60. The van der Waals surface area contributed by atoms with Gasteiger partial charge in [0, 0.05) is 19.7 Å². The first-order chi connectivity index (χ1) is 15.8. The van der Waals surface area contributed by atoms with Crippen LogP contribution in [0, 0.1) is 23.7 Å². The molecule has 0 aromatic heterocycles. The number of anilines is 1. The zero-order valence-corrected chi connectivity index (χ0v) is 21.9. The van der Waals surface area contributed by atoms with Gasteiger partial charge in [0.25, 0.3) is 0 Å². The Hall–Kier alpha value is -1.84. The fraction of sp³-hybridized carbons (Fsp3) is 0.333. The summed E-state index contributed by atoms with van der Waals surface area (Å²) in [5.74, 6) is -1.60. The van der Waals surface area contributed by atoms with E-state index in [1.807, 2.05) is 0 Å². The second-order valence-corrected chi connectivity index (χ2v) is 11.6. The molecule has 6 nitrogen and oxygen atoms in total. The van der Waals surface area contributed by atoms with Crippen molar-refractivity contribution in [2.75, 3.05) is 11.5 Å². The number of carbonyl (C=O) groups excluding carboxylic acids is 4. The highest BCUT2D eigenvalue weighted by atomic mass is 79.9. The number of halogens is 3. The number of alkyl halides is 2. The molecule has 2 aliphatic carbocycles. The molecule has 2 saturated carbocycles. The molecule has 170 valence electrons. The molecule has 0 spiro atoms. The van der Waals surface area contributed by atoms with Gasteiger partial charge < -0.3 is 4.74 Å². The number of hydrogen-bond acceptors (Lipinski definition) is 5. The standard InChI is InChI=1S/C24H18Br3NO5/c25-13-5-1-11(2-6-13)17(29)10-33-24(32)12-3-7-14(8-4-12)28-22(30)18-15-9-16(19(18)23(28)31)21(27)20(15)26/h1-8,15-16,18-21H,9-10H2/t15-,16-,18-,19-,20+,21+/m1/s1. The summed E-state index contributed by atoms with van der Waals surface area (Å²) in [6.45, 7) is -0.376. The van der Waals surface area contributed by atoms with Gasteiger partial charge in [-0.15, -0.1) is 0 Å². The average molecular weight is 640 g/mol. The minimum Gasteiger partial charge on any atom is -0.454 e. The van der Waals surface area contributed by atoms with Crippen LogP contribution >= 0.6 is 47.8 Å². The van der Waals surface area contributed by atoms with Crippen LogP contribution in [0.4, 0.5) is 5.69 Å². The van der Waals surface area contributed by atoms with Crippen LogP contribution in [-0.4, -0.2) is 39.8 Å². The number of carbonyl (C=O) groups is 4. The number of ether oxygens (including phenoxy) is 1. The molecule has 0 N–H and O–H groups in total. The van der Waals surface area contributed by atoms with Gasteiger partial charge >= 0.3 is 5.97 Å². The van der Waals surface area contributed by atoms with Crippen molar-refractivity contribution in [2.24, 2.45) is 23.7 Å². The molecule has 0 unspecified atom stereocenters. The Labute approximate surface area is 215 Å². The third-order valence-corrected chi connectivity index (χ3v) is 10.6. The van der Waals surface area contributed by atoms with Crippen LogP contribution in [0.5, 0.6) is 0 Å². The summed E-state index contributed by atoms with van der Waals surface area (Å²) < 4.78 is 5.99. The fourth-order valence-corrected chi connectivity index (χ4v) is 7.42. The molecule has 2 amide bonds. The number of nitrogens with zero attached hydrogens (tertiary/aromatic N) is 1. The molecular weight excluding hydrogens is 622 g/mol. The lowest BCUT2D eigenvalue weighted by atomic mass is 9.81. The zero-order valence-electron chi connectivity index (χ0n) is 17.1. The topological polar surface area (TPSA) is 80.8 Å². The van der Waals surface area contributed by atoms with Gasteiger partial charge in [-0.05, 0) is 54.7 Å². The minimum absolute atomic E-state index is 0.142. The molecule has 2 aromatic carbocycles. The fourth-order valence-electron chi connectivity index (χ4n) is 5.28. The van der Waals surface area contributed by atoms with Crippen molar-refractivity contribution in [1.29, 1.82) is 0 Å². The van der Waals surface area contributed by atoms with Crippen LogP contribution in [0.1, 0.15) is 27.1 Å². The van der Waals surface area contributed by atoms with Gasteiger partial charge in [0.2, 0.25) is 11.8 Å². The van der Waals surface area contributed by atoms with E-state index in [9.17, 15) is 19.2 Å². The molecule has 0 radical (unpaired) electrons. The van der Waals surface area contributed by atoms with Crippen LogP contribution in [0.15, 0.2) is 53.0 Å². The summed E-state index contributed by atoms with van der Waals surface area (Å²) in [6, 6.07) is 12.9. The van der Waals surface area contributed by atoms with Crippen molar-refractivity contribution in [3.05, 3.63) is 64.1 Å². The van der Waals surface area contributed by atoms with Crippen molar-refractivity contribution < 1.29 is 23.9 Å². The van der Waals surface area contributed by atoms with Crippen LogP contribution in [-0.2, 0) is 14.3 Å². The summed E-state index contributed by atoms with van der Waals surface area (Å²) in [5.41, 5.74) is 1.13. The Morgan fingerprint density at radius 2 is 1.36 bits per heavy atom. The molecule has 1 saturated heterocycles. The molecule has 6 atom stereocenters. The Balaban J connectivity index is 1.26. The van der Waals surface area contributed by atoms with E-state index in [2.05, 4.69) is 47.8 Å². The van der Waals surface area contributed by atoms with Crippen molar-refractivity contribution in [3.63, 3.8) is 0 Å². The SMILES string of the molecule is O=C(COC(=O)c1ccc(N2C(=O)[C@@H]3[C@H]4C[C@@H]([C@H](Br)[C@H]4Br)[C@H]3C2=O)cc1)c1ccc(Br)cc1. The summed E-state index contributed by atoms with van der Waals surface area (Å²) in [4.78, 5) is 52.5. The van der Waals surface area contributed by atoms with Crippen LogP contribution in [0.2, 0.25) is 0 Å². The molecule has 2 aromatic rings. The second-order valence-electron chi connectivity index (χ2n) is 8.57. The lowest BCUT2D eigenvalue weighted by Crippen LogP contribution is -2.37. The maximum atomic E-state index is 13.1. The van der Waals surface area contributed by atoms with Gasteiger partial charge in [-0.1, -0.05) is 59.9 Å². The Morgan fingerprint density at radius 3 is 1.91 bits per heavy atom. The second kappa shape index (κ2) is 8.74. The van der Waals surface area contributed by atoms with E-state index in [1.165, 1.54) is 17.0 Å². The van der Waals surface area contributed by atoms with Crippen molar-refractivity contribution in [3.8, 4) is 0 Å². The zero-order chi connectivity index (χ0) is 23.4. The quantitative estimate of drug-likeness (QED) is 0.204. The lowest BCUT2D eigenvalue weighted by Gasteiger charge is -2.28. The van der Waals surface area contributed by atoms with E-state index in [-0.39, 0.29) is 63.1 Å². The molecule has 3 aliphatic rings. The molecule has 2 bridgehead atoms. The molecular formula is C24H18Br3NO5. The summed E-state index contributed by atoms with van der Waals surface area (Å²) in [6.07, 6.45) is 0.871. The molecule has 5 rings (SSSR count). The number of esters is 1. The van der Waals surface area contributed by atoms with E-state index < -0.39 is 5.97 Å². The predicted molar refractivity (Wildman–Crippen MR) is 132 cm³/mol. The summed E-state index contributed by atoms with van der Waals surface area (Å²) >= 11 is 10.7. The normalized spacial score (nSPS) is 30.0. The first kappa shape index (κ1) is 22.9. The van der Waals surface area contributed by atoms with E-state index in [4.69, 9.17) is 4.74 Å². The Morgan fingerprint density at radius 1 is 0.848 bits per heavy atom. The van der Waals surface area contributed by atoms with Gasteiger partial charge in [-0.25, -0.2) is 4.79 Å². The Kier molecular flexibility index (Phi) is 6.07. The first-order valence-electron chi connectivity index (χ1n) is 10.5. The van der Waals surface area contributed by atoms with Crippen LogP contribution < -0.4 is 4.90 Å². The van der Waals surface area contributed by atoms with Gasteiger partial charge in [0.05, 0.1) is 23.1 Å². The number of ketones is 1. The maximum absolute atomic E-state index is 13.1. The van der Waals surface area contributed by atoms with Gasteiger partial charge in [0.15, 0.2) is 12.4 Å². The molecule has 3 fully saturated rings. The number of benzene rings is 2. The maximum Gasteiger partial charge on any atom is 0.338 e. The largest absolute Gasteiger partial charge is 0.454 e. The Bertz CT molecular complexity index is 1120. The number of Topliss-reactive ketones (excluding diaryl/α,β-unsaturated/α-hetero) is 1. The molecule has 1 heterocycles. The van der Waals surface area contributed by atoms with Crippen molar-refractivity contribution in [1.82, 2.24) is 0 Å². The van der Waals surface area contributed by atoms with E-state index in [0.29, 0.717) is 11.3 Å². The summed E-state index contributed by atoms with van der Waals surface area (Å²) in [7, 11) is 0. The lowest BCUT2D eigenvalue weighted by molar-refractivity contribution is -0.123. The third-order valence-electron chi connectivity index (χ3n) is 6.85. The third kappa shape index (κ3) is 3.82. The number of rotatable bonds is 5. The van der Waals surface area contributed by atoms with Gasteiger partial charge in [0.1, 0.15) is 0 Å². The first-order valence-corrected chi connectivity index (χ1v) is 13.1. The average Bonchev–Trinajstić information content (AvgIpc) is 3.42. The van der Waals surface area contributed by atoms with E-state index in [1.54, 1.807) is 36.4 Å². The van der Waals surface area contributed by atoms with Crippen LogP contribution in [0.3, 0.4) is 0 Å². The minimum atomic E-state index is -0.648. The number of amides is 2. The predicted octanol–water partition coefficient (Wildman–Crippen LogP) is 4.77. The van der Waals surface area contributed by atoms with E-state index in [0.717, 1.165) is 10.9 Å². The number of fused-ring (bicyclic) bond motifs is 5. The number of imide groups is 1.